The van der Waals surface area contributed by atoms with Gasteiger partial charge in [-0.15, -0.1) is 0 Å². The van der Waals surface area contributed by atoms with Crippen LogP contribution in [-0.4, -0.2) is 27.2 Å². The van der Waals surface area contributed by atoms with Crippen molar-refractivity contribution in [3.05, 3.63) is 84.4 Å². The predicted molar refractivity (Wildman–Crippen MR) is 121 cm³/mol. The summed E-state index contributed by atoms with van der Waals surface area (Å²) in [4.78, 5) is 12.6. The van der Waals surface area contributed by atoms with E-state index in [0.29, 0.717) is 23.7 Å². The van der Waals surface area contributed by atoms with Gasteiger partial charge in [-0.05, 0) is 50.2 Å². The Morgan fingerprint density at radius 3 is 1.93 bits per heavy atom. The lowest BCUT2D eigenvalue weighted by Gasteiger charge is -2.23. The molecule has 0 bridgehead atoms. The number of carbonyl (C=O) groups is 1. The molecule has 0 fully saturated rings. The van der Waals surface area contributed by atoms with Crippen LogP contribution in [-0.2, 0) is 4.74 Å². The summed E-state index contributed by atoms with van der Waals surface area (Å²) in [5, 5.41) is 2.18. The zero-order valence-corrected chi connectivity index (χ0v) is 18.8. The lowest BCUT2D eigenvalue weighted by molar-refractivity contribution is 0.0524. The molecule has 0 amide bonds. The van der Waals surface area contributed by atoms with Gasteiger partial charge in [0.2, 0.25) is 0 Å². The smallest absolute Gasteiger partial charge is 0.352 e. The molecule has 0 heterocycles. The van der Waals surface area contributed by atoms with Crippen LogP contribution in [0.15, 0.2) is 78.9 Å². The van der Waals surface area contributed by atoms with Crippen LogP contribution in [0.5, 0.6) is 11.5 Å². The second-order valence-corrected chi connectivity index (χ2v) is 9.77. The van der Waals surface area contributed by atoms with Crippen molar-refractivity contribution in [3.63, 3.8) is 0 Å². The van der Waals surface area contributed by atoms with Gasteiger partial charge >= 0.3 is 15.0 Å². The normalized spacial score (nSPS) is 11.2. The molecule has 0 atom stereocenters. The Kier molecular flexibility index (Phi) is 6.95. The van der Waals surface area contributed by atoms with E-state index < -0.39 is 15.0 Å². The maximum absolute atomic E-state index is 12.6. The summed E-state index contributed by atoms with van der Waals surface area (Å²) >= 11 is 0. The van der Waals surface area contributed by atoms with Gasteiger partial charge in [-0.2, -0.15) is 0 Å². The summed E-state index contributed by atoms with van der Waals surface area (Å²) < 4.78 is 17.8. The van der Waals surface area contributed by atoms with Crippen LogP contribution in [0.3, 0.4) is 0 Å². The van der Waals surface area contributed by atoms with E-state index in [4.69, 9.17) is 13.9 Å². The van der Waals surface area contributed by atoms with Crippen LogP contribution < -0.4 is 19.5 Å². The van der Waals surface area contributed by atoms with E-state index in [0.717, 1.165) is 10.4 Å². The van der Waals surface area contributed by atoms with Gasteiger partial charge in [-0.1, -0.05) is 60.7 Å². The van der Waals surface area contributed by atoms with Gasteiger partial charge in [0.15, 0.2) is 0 Å². The Morgan fingerprint density at radius 2 is 1.43 bits per heavy atom. The number of esters is 1. The van der Waals surface area contributed by atoms with Crippen LogP contribution in [0.1, 0.15) is 38.1 Å². The van der Waals surface area contributed by atoms with Gasteiger partial charge in [0.05, 0.1) is 6.61 Å². The number of hydrogen-bond acceptors (Lipinski definition) is 4. The molecule has 3 rings (SSSR count). The highest BCUT2D eigenvalue weighted by Crippen LogP contribution is 2.28. The molecular weight excluding hydrogens is 392 g/mol. The molecule has 0 aliphatic rings. The minimum atomic E-state index is -1.64. The largest absolute Gasteiger partial charge is 0.532 e. The molecule has 4 nitrogen and oxygen atoms in total. The third kappa shape index (κ3) is 5.73. The van der Waals surface area contributed by atoms with Crippen molar-refractivity contribution in [2.24, 2.45) is 0 Å². The molecule has 155 valence electrons. The fourth-order valence-corrected chi connectivity index (χ4v) is 4.90. The van der Waals surface area contributed by atoms with Crippen molar-refractivity contribution in [1.29, 1.82) is 0 Å². The summed E-state index contributed by atoms with van der Waals surface area (Å²) in [7, 11) is -1.64. The Morgan fingerprint density at radius 1 is 0.867 bits per heavy atom. The Balaban J connectivity index is 2.05. The first-order chi connectivity index (χ1) is 14.4. The SMILES string of the molecule is CCOC(=O)c1ccc(OC(C)(C)C)cc1O[Si](c1ccccc1)c1ccccc1. The quantitative estimate of drug-likeness (QED) is 0.425. The van der Waals surface area contributed by atoms with Crippen molar-refractivity contribution in [2.75, 3.05) is 6.61 Å². The molecule has 0 aliphatic carbocycles. The highest BCUT2D eigenvalue weighted by atomic mass is 28.3. The Labute approximate surface area is 180 Å². The molecule has 30 heavy (non-hydrogen) atoms. The van der Waals surface area contributed by atoms with Crippen molar-refractivity contribution < 1.29 is 18.7 Å². The fraction of sp³-hybridized carbons (Fsp3) is 0.240. The maximum atomic E-state index is 12.6. The highest BCUT2D eigenvalue weighted by molar-refractivity contribution is 6.80. The molecule has 3 aromatic rings. The van der Waals surface area contributed by atoms with Gasteiger partial charge in [-0.25, -0.2) is 4.79 Å². The first-order valence-electron chi connectivity index (χ1n) is 10.0. The van der Waals surface area contributed by atoms with E-state index in [1.54, 1.807) is 25.1 Å². The van der Waals surface area contributed by atoms with Gasteiger partial charge in [-0.3, -0.25) is 0 Å². The van der Waals surface area contributed by atoms with Gasteiger partial charge < -0.3 is 13.9 Å². The predicted octanol–water partition coefficient (Wildman–Crippen LogP) is 4.23. The number of rotatable bonds is 7. The monoisotopic (exact) mass is 419 g/mol. The first-order valence-corrected chi connectivity index (χ1v) is 11.4. The van der Waals surface area contributed by atoms with E-state index in [1.807, 2.05) is 57.2 Å². The molecule has 0 aliphatic heterocycles. The molecule has 0 spiro atoms. The standard InChI is InChI=1S/C25H27O4Si/c1-5-27-24(26)22-17-16-19(28-25(2,3)4)18-23(22)29-30(20-12-8-6-9-13-20)21-14-10-7-11-15-21/h6-18H,5H2,1-4H3. The molecule has 0 saturated heterocycles. The van der Waals surface area contributed by atoms with E-state index in [1.165, 1.54) is 0 Å². The third-order valence-corrected chi connectivity index (χ3v) is 6.30. The first kappa shape index (κ1) is 21.7. The highest BCUT2D eigenvalue weighted by Gasteiger charge is 2.25. The molecule has 0 N–H and O–H groups in total. The van der Waals surface area contributed by atoms with Gasteiger partial charge in [0, 0.05) is 6.07 Å². The van der Waals surface area contributed by atoms with Crippen LogP contribution in [0.2, 0.25) is 0 Å². The molecule has 0 aromatic heterocycles. The van der Waals surface area contributed by atoms with Crippen molar-refractivity contribution in [3.8, 4) is 11.5 Å². The van der Waals surface area contributed by atoms with E-state index >= 15 is 0 Å². The summed E-state index contributed by atoms with van der Waals surface area (Å²) in [6.45, 7) is 8.04. The zero-order valence-electron chi connectivity index (χ0n) is 17.8. The second kappa shape index (κ2) is 9.63. The number of ether oxygens (including phenoxy) is 2. The minimum absolute atomic E-state index is 0.299. The average Bonchev–Trinajstić information content (AvgIpc) is 2.72. The van der Waals surface area contributed by atoms with Crippen molar-refractivity contribution in [1.82, 2.24) is 0 Å². The van der Waals surface area contributed by atoms with Crippen LogP contribution in [0.25, 0.3) is 0 Å². The van der Waals surface area contributed by atoms with E-state index in [9.17, 15) is 4.79 Å². The van der Waals surface area contributed by atoms with Crippen LogP contribution in [0.4, 0.5) is 0 Å². The Hall–Kier alpha value is -3.05. The summed E-state index contributed by atoms with van der Waals surface area (Å²) in [5.74, 6) is 0.710. The van der Waals surface area contributed by atoms with Crippen molar-refractivity contribution >= 4 is 25.4 Å². The lowest BCUT2D eigenvalue weighted by Crippen LogP contribution is -2.47. The van der Waals surface area contributed by atoms with E-state index in [2.05, 4.69) is 24.3 Å². The summed E-state index contributed by atoms with van der Waals surface area (Å²) in [6.07, 6.45) is 0. The lowest BCUT2D eigenvalue weighted by atomic mass is 10.1. The minimum Gasteiger partial charge on any atom is -0.532 e. The molecule has 0 unspecified atom stereocenters. The summed E-state index contributed by atoms with van der Waals surface area (Å²) in [5.41, 5.74) is 0.0301. The van der Waals surface area contributed by atoms with Crippen LogP contribution in [0, 0.1) is 0 Å². The Bertz CT molecular complexity index is 926. The second-order valence-electron chi connectivity index (χ2n) is 7.76. The molecule has 0 saturated carbocycles. The number of carbonyl (C=O) groups excluding carboxylic acids is 1. The van der Waals surface area contributed by atoms with Crippen LogP contribution >= 0.6 is 0 Å². The van der Waals surface area contributed by atoms with Crippen molar-refractivity contribution in [2.45, 2.75) is 33.3 Å². The number of hydrogen-bond donors (Lipinski definition) is 0. The van der Waals surface area contributed by atoms with Gasteiger partial charge in [0.25, 0.3) is 0 Å². The van der Waals surface area contributed by atoms with E-state index in [-0.39, 0.29) is 5.60 Å². The number of benzene rings is 3. The summed E-state index contributed by atoms with van der Waals surface area (Å²) in [6, 6.07) is 25.5. The third-order valence-electron chi connectivity index (χ3n) is 4.16. The topological polar surface area (TPSA) is 44.8 Å². The molecule has 5 heteroatoms. The molecule has 1 radical (unpaired) electrons. The maximum Gasteiger partial charge on any atom is 0.352 e. The molecule has 3 aromatic carbocycles. The fourth-order valence-electron chi connectivity index (χ4n) is 2.96. The zero-order chi connectivity index (χ0) is 21.6. The van der Waals surface area contributed by atoms with Gasteiger partial charge in [0.1, 0.15) is 22.7 Å². The molecular formula is C25H27O4Si. The average molecular weight is 420 g/mol.